The van der Waals surface area contributed by atoms with Gasteiger partial charge in [0.05, 0.1) is 12.8 Å². The van der Waals surface area contributed by atoms with Crippen LogP contribution >= 0.6 is 0 Å². The van der Waals surface area contributed by atoms with Gasteiger partial charge in [0.1, 0.15) is 5.75 Å². The number of methoxy groups -OCH3 is 1. The van der Waals surface area contributed by atoms with Crippen LogP contribution in [-0.4, -0.2) is 13.2 Å². The zero-order chi connectivity index (χ0) is 12.3. The Labute approximate surface area is 104 Å². The van der Waals surface area contributed by atoms with Crippen molar-refractivity contribution in [1.29, 1.82) is 0 Å². The van der Waals surface area contributed by atoms with Crippen LogP contribution in [0.4, 0.5) is 5.69 Å². The van der Waals surface area contributed by atoms with Gasteiger partial charge in [-0.25, -0.2) is 0 Å². The van der Waals surface area contributed by atoms with Gasteiger partial charge in [-0.2, -0.15) is 0 Å². The first-order valence-corrected chi connectivity index (χ1v) is 6.60. The minimum Gasteiger partial charge on any atom is -0.495 e. The molecule has 17 heavy (non-hydrogen) atoms. The Morgan fingerprint density at radius 2 is 2.18 bits per heavy atom. The van der Waals surface area contributed by atoms with Crippen molar-refractivity contribution in [2.24, 2.45) is 5.92 Å². The Morgan fingerprint density at radius 1 is 1.41 bits per heavy atom. The lowest BCUT2D eigenvalue weighted by Gasteiger charge is -2.29. The molecule has 0 amide bonds. The quantitative estimate of drug-likeness (QED) is 0.830. The number of rotatable bonds is 5. The van der Waals surface area contributed by atoms with E-state index in [1.54, 1.807) is 7.11 Å². The molecule has 0 saturated heterocycles. The van der Waals surface area contributed by atoms with E-state index in [1.807, 2.05) is 0 Å². The van der Waals surface area contributed by atoms with E-state index < -0.39 is 0 Å². The standard InChI is InChI=1S/C15H23NO/c1-11-7-8-14(15(9-11)17-3)16-12(2)10-13-5-4-6-13/h7-9,12-13,16H,4-6,10H2,1-3H3. The predicted octanol–water partition coefficient (Wildman–Crippen LogP) is 3.99. The third-order valence-electron chi connectivity index (χ3n) is 3.67. The summed E-state index contributed by atoms with van der Waals surface area (Å²) in [6, 6.07) is 6.85. The van der Waals surface area contributed by atoms with E-state index in [-0.39, 0.29) is 0 Å². The van der Waals surface area contributed by atoms with Gasteiger partial charge in [0, 0.05) is 6.04 Å². The fourth-order valence-electron chi connectivity index (χ4n) is 2.47. The van der Waals surface area contributed by atoms with Crippen molar-refractivity contribution in [2.75, 3.05) is 12.4 Å². The van der Waals surface area contributed by atoms with Gasteiger partial charge in [-0.3, -0.25) is 0 Å². The van der Waals surface area contributed by atoms with Crippen LogP contribution in [0.15, 0.2) is 18.2 Å². The normalized spacial score (nSPS) is 17.4. The maximum Gasteiger partial charge on any atom is 0.142 e. The largest absolute Gasteiger partial charge is 0.495 e. The molecule has 94 valence electrons. The van der Waals surface area contributed by atoms with E-state index >= 15 is 0 Å². The highest BCUT2D eigenvalue weighted by molar-refractivity contribution is 5.58. The Kier molecular flexibility index (Phi) is 3.93. The van der Waals surface area contributed by atoms with Crippen molar-refractivity contribution in [3.8, 4) is 5.75 Å². The maximum absolute atomic E-state index is 5.41. The second kappa shape index (κ2) is 5.44. The van der Waals surface area contributed by atoms with Gasteiger partial charge in [-0.1, -0.05) is 25.3 Å². The Bertz CT molecular complexity index is 371. The lowest BCUT2D eigenvalue weighted by atomic mass is 9.81. The molecule has 1 atom stereocenters. The number of hydrogen-bond donors (Lipinski definition) is 1. The molecule has 1 fully saturated rings. The van der Waals surface area contributed by atoms with Gasteiger partial charge < -0.3 is 10.1 Å². The van der Waals surface area contributed by atoms with Crippen molar-refractivity contribution in [1.82, 2.24) is 0 Å². The molecule has 0 aliphatic heterocycles. The molecule has 1 N–H and O–H groups in total. The van der Waals surface area contributed by atoms with Crippen molar-refractivity contribution in [2.45, 2.75) is 45.6 Å². The summed E-state index contributed by atoms with van der Waals surface area (Å²) in [4.78, 5) is 0. The van der Waals surface area contributed by atoms with E-state index in [1.165, 1.54) is 31.2 Å². The van der Waals surface area contributed by atoms with E-state index in [9.17, 15) is 0 Å². The molecule has 1 aliphatic rings. The van der Waals surface area contributed by atoms with Crippen LogP contribution in [0.25, 0.3) is 0 Å². The number of aryl methyl sites for hydroxylation is 1. The first kappa shape index (κ1) is 12.3. The molecular formula is C15H23NO. The smallest absolute Gasteiger partial charge is 0.142 e. The molecule has 1 unspecified atom stereocenters. The summed E-state index contributed by atoms with van der Waals surface area (Å²) in [5.74, 6) is 1.89. The first-order chi connectivity index (χ1) is 8.19. The minimum absolute atomic E-state index is 0.525. The van der Waals surface area contributed by atoms with E-state index in [0.717, 1.165) is 17.4 Å². The summed E-state index contributed by atoms with van der Waals surface area (Å²) in [6.45, 7) is 4.35. The van der Waals surface area contributed by atoms with Crippen molar-refractivity contribution in [3.63, 3.8) is 0 Å². The molecule has 0 aromatic heterocycles. The summed E-state index contributed by atoms with van der Waals surface area (Å²) in [7, 11) is 1.73. The third kappa shape index (κ3) is 3.15. The zero-order valence-electron chi connectivity index (χ0n) is 11.1. The van der Waals surface area contributed by atoms with Crippen LogP contribution in [0, 0.1) is 12.8 Å². The number of nitrogens with one attached hydrogen (secondary N) is 1. The average Bonchev–Trinajstić information content (AvgIpc) is 2.26. The summed E-state index contributed by atoms with van der Waals surface area (Å²) in [6.07, 6.45) is 5.52. The number of ether oxygens (including phenoxy) is 1. The van der Waals surface area contributed by atoms with Crippen LogP contribution in [-0.2, 0) is 0 Å². The highest BCUT2D eigenvalue weighted by Crippen LogP contribution is 2.32. The van der Waals surface area contributed by atoms with E-state index in [2.05, 4.69) is 37.4 Å². The highest BCUT2D eigenvalue weighted by atomic mass is 16.5. The van der Waals surface area contributed by atoms with Crippen LogP contribution in [0.1, 0.15) is 38.2 Å². The van der Waals surface area contributed by atoms with Gasteiger partial charge >= 0.3 is 0 Å². The Hall–Kier alpha value is -1.18. The molecule has 2 nitrogen and oxygen atoms in total. The lowest BCUT2D eigenvalue weighted by Crippen LogP contribution is -2.23. The predicted molar refractivity (Wildman–Crippen MR) is 72.8 cm³/mol. The van der Waals surface area contributed by atoms with Gasteiger partial charge in [-0.05, 0) is 43.9 Å². The zero-order valence-corrected chi connectivity index (χ0v) is 11.1. The first-order valence-electron chi connectivity index (χ1n) is 6.60. The number of benzene rings is 1. The molecule has 1 aromatic carbocycles. The second-order valence-electron chi connectivity index (χ2n) is 5.28. The van der Waals surface area contributed by atoms with Crippen LogP contribution in [0.3, 0.4) is 0 Å². The fourth-order valence-corrected chi connectivity index (χ4v) is 2.47. The highest BCUT2D eigenvalue weighted by Gasteiger charge is 2.20. The molecule has 1 aliphatic carbocycles. The molecule has 1 aromatic rings. The topological polar surface area (TPSA) is 21.3 Å². The van der Waals surface area contributed by atoms with Gasteiger partial charge in [0.25, 0.3) is 0 Å². The monoisotopic (exact) mass is 233 g/mol. The lowest BCUT2D eigenvalue weighted by molar-refractivity contribution is 0.285. The average molecular weight is 233 g/mol. The van der Waals surface area contributed by atoms with Crippen molar-refractivity contribution < 1.29 is 4.74 Å². The van der Waals surface area contributed by atoms with Crippen LogP contribution in [0.2, 0.25) is 0 Å². The molecule has 0 heterocycles. The second-order valence-corrected chi connectivity index (χ2v) is 5.28. The molecule has 2 heteroatoms. The number of anilines is 1. The maximum atomic E-state index is 5.41. The summed E-state index contributed by atoms with van der Waals surface area (Å²) >= 11 is 0. The Balaban J connectivity index is 1.96. The molecule has 0 bridgehead atoms. The summed E-state index contributed by atoms with van der Waals surface area (Å²) in [5.41, 5.74) is 2.35. The molecule has 0 spiro atoms. The molecule has 1 saturated carbocycles. The van der Waals surface area contributed by atoms with Gasteiger partial charge in [0.15, 0.2) is 0 Å². The van der Waals surface area contributed by atoms with Gasteiger partial charge in [-0.15, -0.1) is 0 Å². The molecule has 2 rings (SSSR count). The minimum atomic E-state index is 0.525. The van der Waals surface area contributed by atoms with E-state index in [4.69, 9.17) is 4.74 Å². The van der Waals surface area contributed by atoms with Crippen LogP contribution in [0.5, 0.6) is 5.75 Å². The van der Waals surface area contributed by atoms with Crippen molar-refractivity contribution >= 4 is 5.69 Å². The summed E-state index contributed by atoms with van der Waals surface area (Å²) < 4.78 is 5.41. The third-order valence-corrected chi connectivity index (χ3v) is 3.67. The van der Waals surface area contributed by atoms with Gasteiger partial charge in [0.2, 0.25) is 0 Å². The summed E-state index contributed by atoms with van der Waals surface area (Å²) in [5, 5.41) is 3.56. The Morgan fingerprint density at radius 3 is 2.76 bits per heavy atom. The molecule has 0 radical (unpaired) electrons. The number of hydrogen-bond acceptors (Lipinski definition) is 2. The van der Waals surface area contributed by atoms with E-state index in [0.29, 0.717) is 6.04 Å². The molecular weight excluding hydrogens is 210 g/mol. The fraction of sp³-hybridized carbons (Fsp3) is 0.600. The van der Waals surface area contributed by atoms with Crippen molar-refractivity contribution in [3.05, 3.63) is 23.8 Å². The van der Waals surface area contributed by atoms with Crippen LogP contribution < -0.4 is 10.1 Å². The SMILES string of the molecule is COc1cc(C)ccc1NC(C)CC1CCC1.